The molecule has 1 rings (SSSR count). The van der Waals surface area contributed by atoms with Crippen LogP contribution in [0.25, 0.3) is 0 Å². The first-order chi connectivity index (χ1) is 7.38. The smallest absolute Gasteiger partial charge is 0.0450 e. The zero-order chi connectivity index (χ0) is 12.2. The van der Waals surface area contributed by atoms with E-state index in [1.54, 1.807) is 0 Å². The molecule has 0 heterocycles. The molecule has 0 saturated heterocycles. The summed E-state index contributed by atoms with van der Waals surface area (Å²) in [5.41, 5.74) is 2.51. The van der Waals surface area contributed by atoms with Gasteiger partial charge in [-0.3, -0.25) is 0 Å². The molecular weight excluding hydrogens is 252 g/mol. The molecule has 0 spiro atoms. The molecule has 0 bridgehead atoms. The number of hydrogen-bond acceptors (Lipinski definition) is 1. The summed E-state index contributed by atoms with van der Waals surface area (Å²) in [5, 5.41) is 0.917. The van der Waals surface area contributed by atoms with Gasteiger partial charge in [-0.1, -0.05) is 43.4 Å². The lowest BCUT2D eigenvalue weighted by Gasteiger charge is -2.15. The summed E-state index contributed by atoms with van der Waals surface area (Å²) in [6, 6.07) is 7.73. The molecule has 0 nitrogen and oxygen atoms in total. The largest absolute Gasteiger partial charge is 0.157 e. The van der Waals surface area contributed by atoms with Crippen molar-refractivity contribution in [3.05, 3.63) is 34.3 Å². The number of benzene rings is 1. The highest BCUT2D eigenvalue weighted by molar-refractivity contribution is 7.98. The van der Waals surface area contributed by atoms with Crippen molar-refractivity contribution in [3.63, 3.8) is 0 Å². The topological polar surface area (TPSA) is 0 Å². The van der Waals surface area contributed by atoms with Crippen molar-refractivity contribution < 1.29 is 0 Å². The molecular formula is C13H21ClSSi. The fourth-order valence-corrected chi connectivity index (χ4v) is 5.35. The summed E-state index contributed by atoms with van der Waals surface area (Å²) in [4.78, 5) is 0. The average molecular weight is 273 g/mol. The van der Waals surface area contributed by atoms with Gasteiger partial charge in [-0.05, 0) is 35.9 Å². The molecule has 0 fully saturated rings. The van der Waals surface area contributed by atoms with Crippen molar-refractivity contribution in [3.8, 4) is 0 Å². The van der Waals surface area contributed by atoms with Crippen molar-refractivity contribution in [1.29, 1.82) is 0 Å². The molecule has 0 aliphatic carbocycles. The van der Waals surface area contributed by atoms with Gasteiger partial charge >= 0.3 is 0 Å². The maximum absolute atomic E-state index is 6.19. The van der Waals surface area contributed by atoms with Crippen LogP contribution in [0.3, 0.4) is 0 Å². The van der Waals surface area contributed by atoms with Gasteiger partial charge in [0.15, 0.2) is 0 Å². The minimum absolute atomic E-state index is 0.872. The lowest BCUT2D eigenvalue weighted by atomic mass is 10.2. The summed E-state index contributed by atoms with van der Waals surface area (Å²) in [6.07, 6.45) is 0. The molecule has 0 atom stereocenters. The van der Waals surface area contributed by atoms with E-state index in [2.05, 4.69) is 44.8 Å². The Balaban J connectivity index is 2.38. The highest BCUT2D eigenvalue weighted by Gasteiger charge is 2.12. The van der Waals surface area contributed by atoms with Crippen LogP contribution in [0.4, 0.5) is 0 Å². The number of thioether (sulfide) groups is 1. The first-order valence-electron chi connectivity index (χ1n) is 5.71. The Morgan fingerprint density at radius 1 is 1.25 bits per heavy atom. The lowest BCUT2D eigenvalue weighted by molar-refractivity contribution is 1.33. The third-order valence-electron chi connectivity index (χ3n) is 2.46. The minimum Gasteiger partial charge on any atom is -0.157 e. The normalized spacial score (nSPS) is 11.8. The lowest BCUT2D eigenvalue weighted by Crippen LogP contribution is -2.19. The summed E-state index contributed by atoms with van der Waals surface area (Å²) >= 11 is 8.20. The molecule has 1 aromatic carbocycles. The van der Waals surface area contributed by atoms with Crippen LogP contribution >= 0.6 is 23.4 Å². The van der Waals surface area contributed by atoms with Crippen molar-refractivity contribution in [2.24, 2.45) is 0 Å². The molecule has 0 aromatic heterocycles. The molecule has 0 unspecified atom stereocenters. The van der Waals surface area contributed by atoms with Crippen LogP contribution in [-0.4, -0.2) is 13.8 Å². The van der Waals surface area contributed by atoms with Crippen LogP contribution < -0.4 is 0 Å². The predicted octanol–water partition coefficient (Wildman–Crippen LogP) is 5.22. The molecule has 0 aliphatic rings. The van der Waals surface area contributed by atoms with Crippen molar-refractivity contribution in [2.45, 2.75) is 38.4 Å². The van der Waals surface area contributed by atoms with Gasteiger partial charge in [-0.25, -0.2) is 0 Å². The number of halogens is 1. The quantitative estimate of drug-likeness (QED) is 0.523. The summed E-state index contributed by atoms with van der Waals surface area (Å²) in [5.74, 6) is 2.31. The zero-order valence-electron chi connectivity index (χ0n) is 10.6. The summed E-state index contributed by atoms with van der Waals surface area (Å²) < 4.78 is 0. The Labute approximate surface area is 110 Å². The third-order valence-corrected chi connectivity index (χ3v) is 5.93. The maximum Gasteiger partial charge on any atom is 0.0450 e. The number of rotatable bonds is 5. The van der Waals surface area contributed by atoms with Crippen LogP contribution in [0, 0.1) is 6.92 Å². The molecule has 90 valence electrons. The van der Waals surface area contributed by atoms with E-state index in [1.165, 1.54) is 22.9 Å². The molecule has 1 aromatic rings. The fraction of sp³-hybridized carbons (Fsp3) is 0.538. The van der Waals surface area contributed by atoms with E-state index in [1.807, 2.05) is 11.8 Å². The van der Waals surface area contributed by atoms with Gasteiger partial charge < -0.3 is 0 Å². The van der Waals surface area contributed by atoms with Crippen molar-refractivity contribution in [2.75, 3.05) is 5.75 Å². The summed E-state index contributed by atoms with van der Waals surface area (Å²) in [7, 11) is -0.872. The fourth-order valence-electron chi connectivity index (χ4n) is 1.33. The van der Waals surface area contributed by atoms with Gasteiger partial charge in [0.1, 0.15) is 0 Å². The first kappa shape index (κ1) is 14.1. The Morgan fingerprint density at radius 2 is 1.94 bits per heavy atom. The van der Waals surface area contributed by atoms with Gasteiger partial charge in [0.2, 0.25) is 0 Å². The van der Waals surface area contributed by atoms with Crippen molar-refractivity contribution >= 4 is 31.4 Å². The van der Waals surface area contributed by atoms with Gasteiger partial charge in [-0.2, -0.15) is 11.8 Å². The van der Waals surface area contributed by atoms with Crippen LogP contribution in [0.15, 0.2) is 18.2 Å². The molecule has 0 radical (unpaired) electrons. The Bertz CT molecular complexity index is 344. The highest BCUT2D eigenvalue weighted by Crippen LogP contribution is 2.24. The monoisotopic (exact) mass is 272 g/mol. The van der Waals surface area contributed by atoms with Crippen LogP contribution in [0.5, 0.6) is 0 Å². The second-order valence-electron chi connectivity index (χ2n) is 5.46. The second kappa shape index (κ2) is 6.13. The molecule has 16 heavy (non-hydrogen) atoms. The molecule has 0 aliphatic heterocycles. The van der Waals surface area contributed by atoms with Gasteiger partial charge in [0, 0.05) is 18.8 Å². The predicted molar refractivity (Wildman–Crippen MR) is 80.5 cm³/mol. The highest BCUT2D eigenvalue weighted by atomic mass is 35.5. The van der Waals surface area contributed by atoms with Crippen LogP contribution in [0.2, 0.25) is 30.7 Å². The van der Waals surface area contributed by atoms with Crippen LogP contribution in [-0.2, 0) is 5.75 Å². The average Bonchev–Trinajstić information content (AvgIpc) is 2.13. The Hall–Kier alpha value is 0.0769. The molecule has 0 N–H and O–H groups in total. The zero-order valence-corrected chi connectivity index (χ0v) is 13.2. The summed E-state index contributed by atoms with van der Waals surface area (Å²) in [6.45, 7) is 9.35. The first-order valence-corrected chi connectivity index (χ1v) is 11.0. The molecule has 0 saturated carbocycles. The SMILES string of the molecule is Cc1ccc(CSCC[Si](C)(C)C)c(Cl)c1. The van der Waals surface area contributed by atoms with Gasteiger partial charge in [0.25, 0.3) is 0 Å². The van der Waals surface area contributed by atoms with E-state index in [0.717, 1.165) is 10.8 Å². The minimum atomic E-state index is -0.872. The van der Waals surface area contributed by atoms with Gasteiger partial charge in [-0.15, -0.1) is 0 Å². The van der Waals surface area contributed by atoms with Crippen molar-refractivity contribution in [1.82, 2.24) is 0 Å². The standard InChI is InChI=1S/C13H21ClSSi/c1-11-5-6-12(13(14)9-11)10-15-7-8-16(2,3)4/h5-6,9H,7-8,10H2,1-4H3. The van der Waals surface area contributed by atoms with E-state index in [-0.39, 0.29) is 0 Å². The maximum atomic E-state index is 6.19. The van der Waals surface area contributed by atoms with E-state index >= 15 is 0 Å². The second-order valence-corrected chi connectivity index (χ2v) is 12.6. The Kier molecular flexibility index (Phi) is 5.42. The molecule has 3 heteroatoms. The molecule has 0 amide bonds. The van der Waals surface area contributed by atoms with E-state index in [9.17, 15) is 0 Å². The van der Waals surface area contributed by atoms with Gasteiger partial charge in [0.05, 0.1) is 0 Å². The number of aryl methyl sites for hydroxylation is 1. The van der Waals surface area contributed by atoms with E-state index in [0.29, 0.717) is 0 Å². The van der Waals surface area contributed by atoms with E-state index < -0.39 is 8.07 Å². The van der Waals surface area contributed by atoms with Crippen LogP contribution in [0.1, 0.15) is 11.1 Å². The van der Waals surface area contributed by atoms with E-state index in [4.69, 9.17) is 11.6 Å². The number of hydrogen-bond donors (Lipinski definition) is 0. The Morgan fingerprint density at radius 3 is 2.50 bits per heavy atom. The third kappa shape index (κ3) is 5.42.